The first kappa shape index (κ1) is 21.1. The molecule has 7 nitrogen and oxygen atoms in total. The molecule has 1 aromatic carbocycles. The zero-order chi connectivity index (χ0) is 20.8. The van der Waals surface area contributed by atoms with E-state index >= 15 is 0 Å². The van der Waals surface area contributed by atoms with Crippen LogP contribution in [-0.2, 0) is 14.4 Å². The van der Waals surface area contributed by atoms with Gasteiger partial charge in [-0.05, 0) is 44.7 Å². The minimum absolute atomic E-state index is 0.000863. The number of likely N-dealkylation sites (tertiary alicyclic amines) is 1. The fraction of sp³-hybridized carbons (Fsp3) is 0.571. The zero-order valence-electron chi connectivity index (χ0n) is 16.7. The minimum atomic E-state index is -1.00. The Balaban J connectivity index is 1.50. The van der Waals surface area contributed by atoms with Crippen LogP contribution in [0.25, 0.3) is 0 Å². The Hall–Kier alpha value is -2.64. The number of rotatable bonds is 5. The van der Waals surface area contributed by atoms with Crippen LogP contribution in [0, 0.1) is 11.7 Å². The Morgan fingerprint density at radius 3 is 2.52 bits per heavy atom. The maximum absolute atomic E-state index is 13.6. The summed E-state index contributed by atoms with van der Waals surface area (Å²) >= 11 is 0. The predicted octanol–water partition coefficient (Wildman–Crippen LogP) is 2.31. The number of hydrazine groups is 1. The number of carbonyl (C=O) groups is 3. The molecule has 1 saturated heterocycles. The van der Waals surface area contributed by atoms with Gasteiger partial charge in [-0.1, -0.05) is 31.4 Å². The van der Waals surface area contributed by atoms with Crippen molar-refractivity contribution in [2.24, 2.45) is 5.92 Å². The summed E-state index contributed by atoms with van der Waals surface area (Å²) in [6.07, 6.45) is 5.35. The average molecular weight is 405 g/mol. The molecule has 29 heavy (non-hydrogen) atoms. The summed E-state index contributed by atoms with van der Waals surface area (Å²) in [7, 11) is 0. The number of nitrogens with one attached hydrogen (secondary N) is 2. The standard InChI is InChI=1S/C21H28FN3O4/c1-14(29-18-12-6-5-10-16(18)22)19(26)23-24-20(27)17-11-7-13-25(17)21(28)15-8-3-2-4-9-15/h5-6,10,12,14-15,17H,2-4,7-9,11,13H2,1H3,(H,23,26)(H,24,27). The summed E-state index contributed by atoms with van der Waals surface area (Å²) < 4.78 is 18.9. The van der Waals surface area contributed by atoms with Crippen LogP contribution in [0.3, 0.4) is 0 Å². The van der Waals surface area contributed by atoms with Gasteiger partial charge in [-0.25, -0.2) is 4.39 Å². The molecule has 2 fully saturated rings. The van der Waals surface area contributed by atoms with Gasteiger partial charge in [0.05, 0.1) is 0 Å². The first-order valence-corrected chi connectivity index (χ1v) is 10.3. The Morgan fingerprint density at radius 1 is 1.07 bits per heavy atom. The highest BCUT2D eigenvalue weighted by Crippen LogP contribution is 2.28. The highest BCUT2D eigenvalue weighted by molar-refractivity contribution is 5.91. The van der Waals surface area contributed by atoms with Gasteiger partial charge in [0.25, 0.3) is 11.8 Å². The molecule has 2 aliphatic rings. The van der Waals surface area contributed by atoms with Gasteiger partial charge in [0.1, 0.15) is 6.04 Å². The van der Waals surface area contributed by atoms with E-state index in [0.717, 1.165) is 38.5 Å². The van der Waals surface area contributed by atoms with Crippen LogP contribution in [0.5, 0.6) is 5.75 Å². The Morgan fingerprint density at radius 2 is 1.79 bits per heavy atom. The zero-order valence-corrected chi connectivity index (χ0v) is 16.7. The number of nitrogens with zero attached hydrogens (tertiary/aromatic N) is 1. The molecule has 1 heterocycles. The lowest BCUT2D eigenvalue weighted by Crippen LogP contribution is -2.54. The van der Waals surface area contributed by atoms with Crippen molar-refractivity contribution in [2.75, 3.05) is 6.54 Å². The maximum atomic E-state index is 13.6. The third-order valence-electron chi connectivity index (χ3n) is 5.61. The van der Waals surface area contributed by atoms with Crippen molar-refractivity contribution in [1.29, 1.82) is 0 Å². The van der Waals surface area contributed by atoms with Gasteiger partial charge in [-0.15, -0.1) is 0 Å². The van der Waals surface area contributed by atoms with Crippen molar-refractivity contribution < 1.29 is 23.5 Å². The molecule has 2 unspecified atom stereocenters. The van der Waals surface area contributed by atoms with Gasteiger partial charge in [0, 0.05) is 12.5 Å². The molecule has 1 saturated carbocycles. The van der Waals surface area contributed by atoms with Crippen molar-refractivity contribution in [3.05, 3.63) is 30.1 Å². The van der Waals surface area contributed by atoms with Crippen LogP contribution in [0.15, 0.2) is 24.3 Å². The van der Waals surface area contributed by atoms with Gasteiger partial charge in [0.2, 0.25) is 5.91 Å². The minimum Gasteiger partial charge on any atom is -0.478 e. The smallest absolute Gasteiger partial charge is 0.279 e. The number of carbonyl (C=O) groups excluding carboxylic acids is 3. The van der Waals surface area contributed by atoms with Gasteiger partial charge in [-0.3, -0.25) is 25.2 Å². The fourth-order valence-corrected chi connectivity index (χ4v) is 3.98. The topological polar surface area (TPSA) is 87.7 Å². The van der Waals surface area contributed by atoms with E-state index in [1.165, 1.54) is 25.1 Å². The molecular weight excluding hydrogens is 377 g/mol. The largest absolute Gasteiger partial charge is 0.478 e. The van der Waals surface area contributed by atoms with E-state index in [1.54, 1.807) is 11.0 Å². The van der Waals surface area contributed by atoms with E-state index in [9.17, 15) is 18.8 Å². The van der Waals surface area contributed by atoms with Crippen molar-refractivity contribution in [2.45, 2.75) is 64.0 Å². The summed E-state index contributed by atoms with van der Waals surface area (Å²) in [6.45, 7) is 2.02. The number of hydrogen-bond acceptors (Lipinski definition) is 4. The molecule has 1 aliphatic heterocycles. The van der Waals surface area contributed by atoms with Crippen molar-refractivity contribution in [3.8, 4) is 5.75 Å². The van der Waals surface area contributed by atoms with Crippen molar-refractivity contribution in [3.63, 3.8) is 0 Å². The summed E-state index contributed by atoms with van der Waals surface area (Å²) in [4.78, 5) is 39.2. The predicted molar refractivity (Wildman–Crippen MR) is 104 cm³/mol. The highest BCUT2D eigenvalue weighted by Gasteiger charge is 2.37. The molecule has 0 bridgehead atoms. The van der Waals surface area contributed by atoms with Gasteiger partial charge in [-0.2, -0.15) is 0 Å². The molecule has 3 amide bonds. The van der Waals surface area contributed by atoms with Crippen LogP contribution in [0.2, 0.25) is 0 Å². The van der Waals surface area contributed by atoms with E-state index in [-0.39, 0.29) is 17.6 Å². The lowest BCUT2D eigenvalue weighted by atomic mass is 9.88. The molecule has 1 aliphatic carbocycles. The average Bonchev–Trinajstić information content (AvgIpc) is 3.23. The van der Waals surface area contributed by atoms with E-state index in [4.69, 9.17) is 4.74 Å². The Kier molecular flexibility index (Phi) is 7.06. The van der Waals surface area contributed by atoms with Gasteiger partial charge in [0.15, 0.2) is 17.7 Å². The Labute approximate surface area is 169 Å². The molecule has 2 atom stereocenters. The second-order valence-electron chi connectivity index (χ2n) is 7.69. The lowest BCUT2D eigenvalue weighted by molar-refractivity contribution is -0.143. The van der Waals surface area contributed by atoms with Crippen LogP contribution in [0.4, 0.5) is 4.39 Å². The summed E-state index contributed by atoms with van der Waals surface area (Å²) in [5.74, 6) is -1.59. The van der Waals surface area contributed by atoms with E-state index < -0.39 is 29.8 Å². The van der Waals surface area contributed by atoms with Gasteiger partial charge >= 0.3 is 0 Å². The van der Waals surface area contributed by atoms with E-state index in [0.29, 0.717) is 13.0 Å². The number of benzene rings is 1. The third kappa shape index (κ3) is 5.25. The quantitative estimate of drug-likeness (QED) is 0.736. The molecule has 0 aromatic heterocycles. The van der Waals surface area contributed by atoms with E-state index in [2.05, 4.69) is 10.9 Å². The Bertz CT molecular complexity index is 751. The molecule has 2 N–H and O–H groups in total. The number of ether oxygens (including phenoxy) is 1. The SMILES string of the molecule is CC(Oc1ccccc1F)C(=O)NNC(=O)C1CCCN1C(=O)C1CCCCC1. The molecule has 0 radical (unpaired) electrons. The molecule has 158 valence electrons. The van der Waals surface area contributed by atoms with Crippen molar-refractivity contribution in [1.82, 2.24) is 15.8 Å². The molecule has 8 heteroatoms. The maximum Gasteiger partial charge on any atom is 0.279 e. The van der Waals surface area contributed by atoms with Crippen LogP contribution >= 0.6 is 0 Å². The highest BCUT2D eigenvalue weighted by atomic mass is 19.1. The molecule has 1 aromatic rings. The second-order valence-corrected chi connectivity index (χ2v) is 7.69. The normalized spacial score (nSPS) is 20.8. The molecular formula is C21H28FN3O4. The number of amides is 3. The summed E-state index contributed by atoms with van der Waals surface area (Å²) in [5, 5.41) is 0. The van der Waals surface area contributed by atoms with Crippen LogP contribution in [0.1, 0.15) is 51.9 Å². The van der Waals surface area contributed by atoms with E-state index in [1.807, 2.05) is 0 Å². The number of para-hydroxylation sites is 1. The van der Waals surface area contributed by atoms with Crippen LogP contribution in [-0.4, -0.2) is 41.3 Å². The summed E-state index contributed by atoms with van der Waals surface area (Å²) in [6, 6.07) is 5.20. The first-order chi connectivity index (χ1) is 14.0. The molecule has 0 spiro atoms. The third-order valence-corrected chi connectivity index (χ3v) is 5.61. The molecule has 3 rings (SSSR count). The lowest BCUT2D eigenvalue weighted by Gasteiger charge is -2.30. The van der Waals surface area contributed by atoms with Crippen LogP contribution < -0.4 is 15.6 Å². The van der Waals surface area contributed by atoms with Gasteiger partial charge < -0.3 is 9.64 Å². The van der Waals surface area contributed by atoms with Crippen molar-refractivity contribution >= 4 is 17.7 Å². The summed E-state index contributed by atoms with van der Waals surface area (Å²) in [5.41, 5.74) is 4.70. The monoisotopic (exact) mass is 405 g/mol. The fourth-order valence-electron chi connectivity index (χ4n) is 3.98. The second kappa shape index (κ2) is 9.71. The first-order valence-electron chi connectivity index (χ1n) is 10.3. The number of hydrogen-bond donors (Lipinski definition) is 2. The number of halogens is 1.